The molecule has 1 fully saturated rings. The van der Waals surface area contributed by atoms with Crippen LogP contribution >= 0.6 is 0 Å². The van der Waals surface area contributed by atoms with Crippen LogP contribution < -0.4 is 9.46 Å². The standard InChI is InChI=1S/C20H27N5O5S/c1-15(2)31(27,28)21-10-17-18-11-30-20(14-25(18)23-22-17)8-9-24(13-20)19(26)12-29-16-6-4-3-5-7-16/h3-7,15,21H,8-14H2,1-2H3. The lowest BCUT2D eigenvalue weighted by atomic mass is 10.0. The van der Waals surface area contributed by atoms with Gasteiger partial charge in [-0.25, -0.2) is 17.8 Å². The number of hydrogen-bond donors (Lipinski definition) is 1. The van der Waals surface area contributed by atoms with Gasteiger partial charge >= 0.3 is 0 Å². The van der Waals surface area contributed by atoms with Crippen molar-refractivity contribution in [3.8, 4) is 5.75 Å². The molecule has 0 radical (unpaired) electrons. The minimum atomic E-state index is -3.39. The predicted molar refractivity (Wildman–Crippen MR) is 112 cm³/mol. The number of benzene rings is 1. The van der Waals surface area contributed by atoms with E-state index < -0.39 is 20.9 Å². The maximum Gasteiger partial charge on any atom is 0.260 e. The van der Waals surface area contributed by atoms with E-state index in [0.717, 1.165) is 5.69 Å². The number of aromatic nitrogens is 3. The molecule has 168 valence electrons. The normalized spacial score (nSPS) is 20.9. The van der Waals surface area contributed by atoms with Crippen LogP contribution in [-0.2, 0) is 39.3 Å². The second kappa shape index (κ2) is 8.56. The van der Waals surface area contributed by atoms with Gasteiger partial charge in [-0.1, -0.05) is 23.4 Å². The Morgan fingerprint density at radius 1 is 1.29 bits per heavy atom. The van der Waals surface area contributed by atoms with Crippen LogP contribution in [0.25, 0.3) is 0 Å². The number of hydrogen-bond acceptors (Lipinski definition) is 7. The van der Waals surface area contributed by atoms with Gasteiger partial charge in [-0.15, -0.1) is 5.10 Å². The van der Waals surface area contributed by atoms with Crippen LogP contribution in [0.15, 0.2) is 30.3 Å². The zero-order valence-electron chi connectivity index (χ0n) is 17.7. The van der Waals surface area contributed by atoms with Gasteiger partial charge < -0.3 is 14.4 Å². The van der Waals surface area contributed by atoms with Crippen molar-refractivity contribution in [2.24, 2.45) is 0 Å². The fourth-order valence-electron chi connectivity index (χ4n) is 3.72. The van der Waals surface area contributed by atoms with Crippen molar-refractivity contribution >= 4 is 15.9 Å². The van der Waals surface area contributed by atoms with Gasteiger partial charge in [0.15, 0.2) is 6.61 Å². The van der Waals surface area contributed by atoms with Crippen LogP contribution in [0.4, 0.5) is 0 Å². The van der Waals surface area contributed by atoms with Crippen LogP contribution in [0, 0.1) is 0 Å². The lowest BCUT2D eigenvalue weighted by Gasteiger charge is -2.33. The number of nitrogens with one attached hydrogen (secondary N) is 1. The number of fused-ring (bicyclic) bond motifs is 1. The number of carbonyl (C=O) groups excluding carboxylic acids is 1. The number of amides is 1. The number of rotatable bonds is 7. The monoisotopic (exact) mass is 449 g/mol. The summed E-state index contributed by atoms with van der Waals surface area (Å²) in [6.45, 7) is 5.08. The summed E-state index contributed by atoms with van der Waals surface area (Å²) in [5.74, 6) is 0.573. The highest BCUT2D eigenvalue weighted by molar-refractivity contribution is 7.90. The largest absolute Gasteiger partial charge is 0.484 e. The lowest BCUT2D eigenvalue weighted by Crippen LogP contribution is -2.46. The van der Waals surface area contributed by atoms with Gasteiger partial charge in [-0.3, -0.25) is 4.79 Å². The molecule has 1 aromatic carbocycles. The second-order valence-electron chi connectivity index (χ2n) is 8.19. The Bertz CT molecular complexity index is 1040. The second-order valence-corrected chi connectivity index (χ2v) is 10.5. The maximum atomic E-state index is 12.6. The van der Waals surface area contributed by atoms with E-state index in [0.29, 0.717) is 37.5 Å². The summed E-state index contributed by atoms with van der Waals surface area (Å²) in [4.78, 5) is 14.3. The number of sulfonamides is 1. The number of para-hydroxylation sites is 1. The van der Waals surface area contributed by atoms with Gasteiger partial charge in [0.2, 0.25) is 10.0 Å². The van der Waals surface area contributed by atoms with Crippen molar-refractivity contribution in [2.75, 3.05) is 19.7 Å². The first kappa shape index (κ1) is 21.7. The van der Waals surface area contributed by atoms with Crippen molar-refractivity contribution in [3.63, 3.8) is 0 Å². The van der Waals surface area contributed by atoms with E-state index in [2.05, 4.69) is 15.0 Å². The van der Waals surface area contributed by atoms with Crippen molar-refractivity contribution in [2.45, 2.75) is 50.8 Å². The molecule has 1 aromatic heterocycles. The molecular formula is C20H27N5O5S. The van der Waals surface area contributed by atoms with E-state index >= 15 is 0 Å². The molecule has 11 heteroatoms. The van der Waals surface area contributed by atoms with Crippen molar-refractivity contribution in [1.29, 1.82) is 0 Å². The van der Waals surface area contributed by atoms with Gasteiger partial charge in [-0.2, -0.15) is 0 Å². The predicted octanol–water partition coefficient (Wildman–Crippen LogP) is 0.686. The lowest BCUT2D eigenvalue weighted by molar-refractivity contribution is -0.135. The highest BCUT2D eigenvalue weighted by atomic mass is 32.2. The molecule has 1 N–H and O–H groups in total. The van der Waals surface area contributed by atoms with E-state index in [1.807, 2.05) is 30.3 Å². The van der Waals surface area contributed by atoms with Crippen molar-refractivity contribution in [3.05, 3.63) is 41.7 Å². The van der Waals surface area contributed by atoms with Crippen LogP contribution in [0.2, 0.25) is 0 Å². The number of carbonyl (C=O) groups is 1. The van der Waals surface area contributed by atoms with Crippen LogP contribution in [0.3, 0.4) is 0 Å². The average molecular weight is 450 g/mol. The Morgan fingerprint density at radius 3 is 2.81 bits per heavy atom. The van der Waals surface area contributed by atoms with Crippen LogP contribution in [0.5, 0.6) is 5.75 Å². The van der Waals surface area contributed by atoms with E-state index in [-0.39, 0.29) is 25.7 Å². The molecule has 0 bridgehead atoms. The molecule has 31 heavy (non-hydrogen) atoms. The van der Waals surface area contributed by atoms with Gasteiger partial charge in [0.1, 0.15) is 17.0 Å². The molecule has 4 rings (SSSR count). The zero-order chi connectivity index (χ0) is 22.1. The summed E-state index contributed by atoms with van der Waals surface area (Å²) in [5.41, 5.74) is 0.799. The van der Waals surface area contributed by atoms with Gasteiger partial charge in [0.25, 0.3) is 5.91 Å². The average Bonchev–Trinajstić information content (AvgIpc) is 3.35. The highest BCUT2D eigenvalue weighted by Gasteiger charge is 2.44. The molecule has 0 aliphatic carbocycles. The Balaban J connectivity index is 1.35. The molecule has 3 heterocycles. The molecule has 1 atom stereocenters. The molecule has 1 spiro atoms. The topological polar surface area (TPSA) is 116 Å². The first-order valence-corrected chi connectivity index (χ1v) is 11.8. The molecule has 1 unspecified atom stereocenters. The molecule has 2 aromatic rings. The summed E-state index contributed by atoms with van der Waals surface area (Å²) in [6.07, 6.45) is 0.693. The van der Waals surface area contributed by atoms with Gasteiger partial charge in [0, 0.05) is 6.54 Å². The van der Waals surface area contributed by atoms with Crippen LogP contribution in [-0.4, -0.2) is 64.8 Å². The Labute approximate surface area is 181 Å². The quantitative estimate of drug-likeness (QED) is 0.661. The zero-order valence-corrected chi connectivity index (χ0v) is 18.5. The third-order valence-electron chi connectivity index (χ3n) is 5.71. The first-order valence-electron chi connectivity index (χ1n) is 10.3. The number of nitrogens with zero attached hydrogens (tertiary/aromatic N) is 4. The summed E-state index contributed by atoms with van der Waals surface area (Å²) in [6, 6.07) is 9.24. The molecule has 2 aliphatic rings. The minimum absolute atomic E-state index is 0.0190. The third kappa shape index (κ3) is 4.73. The highest BCUT2D eigenvalue weighted by Crippen LogP contribution is 2.32. The van der Waals surface area contributed by atoms with Crippen molar-refractivity contribution in [1.82, 2.24) is 24.6 Å². The van der Waals surface area contributed by atoms with E-state index in [9.17, 15) is 13.2 Å². The number of ether oxygens (including phenoxy) is 2. The fraction of sp³-hybridized carbons (Fsp3) is 0.550. The summed E-state index contributed by atoms with van der Waals surface area (Å²) in [7, 11) is -3.39. The molecule has 1 saturated heterocycles. The summed E-state index contributed by atoms with van der Waals surface area (Å²) >= 11 is 0. The Kier molecular flexibility index (Phi) is 6.00. The minimum Gasteiger partial charge on any atom is -0.484 e. The molecule has 1 amide bonds. The number of likely N-dealkylation sites (tertiary alicyclic amines) is 1. The van der Waals surface area contributed by atoms with Crippen LogP contribution in [0.1, 0.15) is 31.7 Å². The Morgan fingerprint density at radius 2 is 2.06 bits per heavy atom. The van der Waals surface area contributed by atoms with Gasteiger partial charge in [0.05, 0.1) is 37.2 Å². The SMILES string of the molecule is CC(C)S(=O)(=O)NCc1nnn2c1COC1(CCN(C(=O)COc3ccccc3)C1)C2. The summed E-state index contributed by atoms with van der Waals surface area (Å²) in [5, 5.41) is 7.81. The van der Waals surface area contributed by atoms with Crippen molar-refractivity contribution < 1.29 is 22.7 Å². The fourth-order valence-corrected chi connectivity index (χ4v) is 4.40. The Hall–Kier alpha value is -2.50. The molecule has 0 saturated carbocycles. The molecule has 10 nitrogen and oxygen atoms in total. The summed E-state index contributed by atoms with van der Waals surface area (Å²) < 4.78 is 40.0. The maximum absolute atomic E-state index is 12.6. The smallest absolute Gasteiger partial charge is 0.260 e. The van der Waals surface area contributed by atoms with E-state index in [4.69, 9.17) is 9.47 Å². The molecular weight excluding hydrogens is 422 g/mol. The van der Waals surface area contributed by atoms with E-state index in [1.165, 1.54) is 0 Å². The third-order valence-corrected chi connectivity index (χ3v) is 7.49. The van der Waals surface area contributed by atoms with Gasteiger partial charge in [-0.05, 0) is 32.4 Å². The van der Waals surface area contributed by atoms with E-state index in [1.54, 1.807) is 23.4 Å². The first-order chi connectivity index (χ1) is 14.8. The molecule has 2 aliphatic heterocycles.